The maximum Gasteiger partial charge on any atom is 0.237 e. The van der Waals surface area contributed by atoms with Gasteiger partial charge in [-0.05, 0) is 38.6 Å². The van der Waals surface area contributed by atoms with Gasteiger partial charge in [0.25, 0.3) is 0 Å². The Hall–Kier alpha value is -0.910. The lowest BCUT2D eigenvalue weighted by Gasteiger charge is -2.38. The van der Waals surface area contributed by atoms with E-state index in [9.17, 15) is 4.79 Å². The summed E-state index contributed by atoms with van der Waals surface area (Å²) in [5, 5.41) is 5.29. The van der Waals surface area contributed by atoms with Crippen molar-refractivity contribution in [3.05, 3.63) is 22.4 Å². The molecule has 0 aliphatic carbocycles. The van der Waals surface area contributed by atoms with Gasteiger partial charge in [-0.1, -0.05) is 13.0 Å². The first-order valence-electron chi connectivity index (χ1n) is 8.22. The van der Waals surface area contributed by atoms with Crippen LogP contribution in [0, 0.1) is 0 Å². The van der Waals surface area contributed by atoms with Gasteiger partial charge in [0.2, 0.25) is 5.91 Å². The van der Waals surface area contributed by atoms with E-state index in [1.807, 2.05) is 18.3 Å². The molecular weight excluding hydrogens is 294 g/mol. The lowest BCUT2D eigenvalue weighted by atomic mass is 10.0. The van der Waals surface area contributed by atoms with Crippen LogP contribution in [0.1, 0.15) is 39.0 Å². The van der Waals surface area contributed by atoms with Gasteiger partial charge in [-0.2, -0.15) is 0 Å². The molecule has 1 aromatic rings. The van der Waals surface area contributed by atoms with Crippen LogP contribution in [-0.4, -0.2) is 53.5 Å². The predicted octanol–water partition coefficient (Wildman–Crippen LogP) is 2.56. The number of carbonyl (C=O) groups is 1. The Morgan fingerprint density at radius 2 is 2.05 bits per heavy atom. The van der Waals surface area contributed by atoms with Crippen LogP contribution in [0.2, 0.25) is 0 Å². The van der Waals surface area contributed by atoms with Crippen molar-refractivity contribution in [1.29, 1.82) is 0 Å². The molecule has 1 aliphatic heterocycles. The van der Waals surface area contributed by atoms with Crippen LogP contribution in [0.4, 0.5) is 0 Å². The van der Waals surface area contributed by atoms with Crippen molar-refractivity contribution in [2.45, 2.75) is 52.2 Å². The van der Waals surface area contributed by atoms with E-state index >= 15 is 0 Å². The molecule has 0 saturated carbocycles. The average Bonchev–Trinajstić information content (AvgIpc) is 3.00. The molecule has 1 atom stereocenters. The van der Waals surface area contributed by atoms with Crippen molar-refractivity contribution in [3.8, 4) is 0 Å². The van der Waals surface area contributed by atoms with E-state index in [0.29, 0.717) is 0 Å². The molecule has 4 nitrogen and oxygen atoms in total. The van der Waals surface area contributed by atoms with Crippen LogP contribution in [0.15, 0.2) is 17.5 Å². The van der Waals surface area contributed by atoms with Gasteiger partial charge < -0.3 is 5.32 Å². The highest BCUT2D eigenvalue weighted by Gasteiger charge is 2.28. The van der Waals surface area contributed by atoms with E-state index in [1.54, 1.807) is 0 Å². The van der Waals surface area contributed by atoms with Crippen molar-refractivity contribution in [2.24, 2.45) is 0 Å². The molecule has 0 spiro atoms. The van der Waals surface area contributed by atoms with Crippen LogP contribution < -0.4 is 5.32 Å². The van der Waals surface area contributed by atoms with Crippen LogP contribution in [-0.2, 0) is 11.3 Å². The van der Waals surface area contributed by atoms with Crippen LogP contribution in [0.5, 0.6) is 0 Å². The molecule has 0 radical (unpaired) electrons. The number of nitrogens with zero attached hydrogens (tertiary/aromatic N) is 2. The number of carbonyl (C=O) groups excluding carboxylic acids is 1. The summed E-state index contributed by atoms with van der Waals surface area (Å²) in [6.07, 6.45) is 0.944. The molecule has 1 aromatic heterocycles. The van der Waals surface area contributed by atoms with E-state index in [0.717, 1.165) is 39.1 Å². The zero-order valence-electron chi connectivity index (χ0n) is 14.3. The Balaban J connectivity index is 1.79. The monoisotopic (exact) mass is 323 g/mol. The topological polar surface area (TPSA) is 35.6 Å². The van der Waals surface area contributed by atoms with Crippen molar-refractivity contribution in [3.63, 3.8) is 0 Å². The summed E-state index contributed by atoms with van der Waals surface area (Å²) in [5.41, 5.74) is -0.119. The highest BCUT2D eigenvalue weighted by atomic mass is 32.1. The normalized spacial score (nSPS) is 19.1. The Labute approximate surface area is 138 Å². The van der Waals surface area contributed by atoms with E-state index in [-0.39, 0.29) is 17.5 Å². The fraction of sp³-hybridized carbons (Fsp3) is 0.706. The summed E-state index contributed by atoms with van der Waals surface area (Å²) >= 11 is 1.82. The fourth-order valence-corrected chi connectivity index (χ4v) is 3.37. The second-order valence-electron chi connectivity index (χ2n) is 6.79. The predicted molar refractivity (Wildman–Crippen MR) is 93.1 cm³/mol. The molecule has 1 fully saturated rings. The molecule has 5 heteroatoms. The summed E-state index contributed by atoms with van der Waals surface area (Å²) in [6.45, 7) is 13.3. The number of hydrogen-bond acceptors (Lipinski definition) is 4. The van der Waals surface area contributed by atoms with Crippen LogP contribution in [0.3, 0.4) is 0 Å². The highest BCUT2D eigenvalue weighted by Crippen LogP contribution is 2.15. The molecule has 22 heavy (non-hydrogen) atoms. The second-order valence-corrected chi connectivity index (χ2v) is 7.83. The van der Waals surface area contributed by atoms with E-state index in [1.165, 1.54) is 4.88 Å². The molecule has 2 rings (SSSR count). The van der Waals surface area contributed by atoms with Crippen LogP contribution >= 0.6 is 11.3 Å². The summed E-state index contributed by atoms with van der Waals surface area (Å²) in [6, 6.07) is 4.26. The summed E-state index contributed by atoms with van der Waals surface area (Å²) in [7, 11) is 0. The summed E-state index contributed by atoms with van der Waals surface area (Å²) in [4.78, 5) is 18.6. The van der Waals surface area contributed by atoms with Gasteiger partial charge in [-0.15, -0.1) is 11.3 Å². The first-order chi connectivity index (χ1) is 10.4. The molecule has 1 unspecified atom stereocenters. The van der Waals surface area contributed by atoms with Gasteiger partial charge in [0.1, 0.15) is 0 Å². The summed E-state index contributed by atoms with van der Waals surface area (Å²) in [5.74, 6) is 0.151. The lowest BCUT2D eigenvalue weighted by molar-refractivity contribution is -0.128. The molecule has 0 bridgehead atoms. The first-order valence-corrected chi connectivity index (χ1v) is 9.10. The average molecular weight is 324 g/mol. The number of thiophene rings is 1. The zero-order valence-corrected chi connectivity index (χ0v) is 15.1. The van der Waals surface area contributed by atoms with Crippen molar-refractivity contribution < 1.29 is 4.79 Å². The van der Waals surface area contributed by atoms with Gasteiger partial charge in [-0.25, -0.2) is 0 Å². The van der Waals surface area contributed by atoms with E-state index in [4.69, 9.17) is 0 Å². The fourth-order valence-electron chi connectivity index (χ4n) is 2.62. The minimum absolute atomic E-state index is 0.0466. The SMILES string of the molecule is CCC(C)(C)NC(=O)C(C)N1CCN(Cc2cccs2)CC1. The van der Waals surface area contributed by atoms with Gasteiger partial charge >= 0.3 is 0 Å². The van der Waals surface area contributed by atoms with Gasteiger partial charge in [-0.3, -0.25) is 14.6 Å². The second kappa shape index (κ2) is 7.57. The Kier molecular flexibility index (Phi) is 6.01. The third kappa shape index (κ3) is 4.80. The van der Waals surface area contributed by atoms with Crippen LogP contribution in [0.25, 0.3) is 0 Å². The minimum atomic E-state index is -0.119. The smallest absolute Gasteiger partial charge is 0.237 e. The van der Waals surface area contributed by atoms with Gasteiger partial charge in [0, 0.05) is 43.1 Å². The molecule has 124 valence electrons. The van der Waals surface area contributed by atoms with Crippen molar-refractivity contribution in [2.75, 3.05) is 26.2 Å². The maximum atomic E-state index is 12.4. The molecular formula is C17H29N3OS. The minimum Gasteiger partial charge on any atom is -0.350 e. The quantitative estimate of drug-likeness (QED) is 0.874. The Bertz CT molecular complexity index is 464. The maximum absolute atomic E-state index is 12.4. The number of nitrogens with one attached hydrogen (secondary N) is 1. The van der Waals surface area contributed by atoms with Gasteiger partial charge in [0.15, 0.2) is 0 Å². The number of amides is 1. The lowest BCUT2D eigenvalue weighted by Crippen LogP contribution is -2.56. The van der Waals surface area contributed by atoms with Gasteiger partial charge in [0.05, 0.1) is 6.04 Å². The van der Waals surface area contributed by atoms with E-state index < -0.39 is 0 Å². The molecule has 1 saturated heterocycles. The largest absolute Gasteiger partial charge is 0.350 e. The van der Waals surface area contributed by atoms with Crippen molar-refractivity contribution >= 4 is 17.2 Å². The van der Waals surface area contributed by atoms with E-state index in [2.05, 4.69) is 53.4 Å². The first kappa shape index (κ1) is 17.4. The molecule has 2 heterocycles. The van der Waals surface area contributed by atoms with Crippen molar-refractivity contribution in [1.82, 2.24) is 15.1 Å². The highest BCUT2D eigenvalue weighted by molar-refractivity contribution is 7.09. The molecule has 1 aliphatic rings. The molecule has 1 amide bonds. The molecule has 0 aromatic carbocycles. The molecule has 1 N–H and O–H groups in total. The third-order valence-corrected chi connectivity index (χ3v) is 5.50. The zero-order chi connectivity index (χ0) is 16.2. The third-order valence-electron chi connectivity index (χ3n) is 4.64. The number of rotatable bonds is 6. The Morgan fingerprint density at radius 3 is 2.59 bits per heavy atom. The number of piperazine rings is 1. The standard InChI is InChI=1S/C17H29N3OS/c1-5-17(3,4)18-16(21)14(2)20-10-8-19(9-11-20)13-15-7-6-12-22-15/h6-7,12,14H,5,8-11,13H2,1-4H3,(H,18,21). The number of hydrogen-bond donors (Lipinski definition) is 1. The Morgan fingerprint density at radius 1 is 1.36 bits per heavy atom. The summed E-state index contributed by atoms with van der Waals surface area (Å²) < 4.78 is 0.